The van der Waals surface area contributed by atoms with E-state index in [-0.39, 0.29) is 12.5 Å². The number of nitrogens with zero attached hydrogens (tertiary/aromatic N) is 1. The van der Waals surface area contributed by atoms with Crippen LogP contribution in [0.2, 0.25) is 0 Å². The van der Waals surface area contributed by atoms with Crippen molar-refractivity contribution in [1.29, 1.82) is 0 Å². The highest BCUT2D eigenvalue weighted by Gasteiger charge is 2.10. The largest absolute Gasteiger partial charge is 0.364 e. The Morgan fingerprint density at radius 2 is 2.04 bits per heavy atom. The molecule has 1 aromatic heterocycles. The van der Waals surface area contributed by atoms with Crippen molar-refractivity contribution in [2.45, 2.75) is 26.9 Å². The number of benzene rings is 2. The van der Waals surface area contributed by atoms with Crippen LogP contribution in [0.1, 0.15) is 23.1 Å². The molecule has 0 bridgehead atoms. The number of rotatable bonds is 6. The van der Waals surface area contributed by atoms with Crippen LogP contribution >= 0.6 is 11.3 Å². The number of fused-ring (bicyclic) bond motifs is 1. The lowest BCUT2D eigenvalue weighted by Gasteiger charge is -2.12. The molecule has 124 valence electrons. The Morgan fingerprint density at radius 3 is 2.83 bits per heavy atom. The Morgan fingerprint density at radius 1 is 1.21 bits per heavy atom. The minimum atomic E-state index is -0.139. The molecule has 24 heavy (non-hydrogen) atoms. The van der Waals surface area contributed by atoms with E-state index in [1.54, 1.807) is 11.3 Å². The van der Waals surface area contributed by atoms with Gasteiger partial charge in [0, 0.05) is 5.69 Å². The van der Waals surface area contributed by atoms with E-state index < -0.39 is 0 Å². The predicted molar refractivity (Wildman–Crippen MR) is 98.5 cm³/mol. The monoisotopic (exact) mass is 340 g/mol. The Bertz CT molecular complexity index is 824. The Balaban J connectivity index is 1.56. The van der Waals surface area contributed by atoms with Gasteiger partial charge in [0.25, 0.3) is 0 Å². The lowest BCUT2D eigenvalue weighted by atomic mass is 10.1. The van der Waals surface area contributed by atoms with E-state index in [2.05, 4.69) is 17.2 Å². The maximum atomic E-state index is 12.1. The second-order valence-corrected chi connectivity index (χ2v) is 6.69. The van der Waals surface area contributed by atoms with E-state index in [1.807, 2.05) is 49.4 Å². The lowest BCUT2D eigenvalue weighted by Crippen LogP contribution is -2.19. The number of nitrogens with one attached hydrogen (secondary N) is 1. The van der Waals surface area contributed by atoms with Gasteiger partial charge in [-0.2, -0.15) is 0 Å². The summed E-state index contributed by atoms with van der Waals surface area (Å²) < 4.78 is 6.66. The third kappa shape index (κ3) is 3.80. The summed E-state index contributed by atoms with van der Waals surface area (Å²) in [7, 11) is 0. The highest BCUT2D eigenvalue weighted by molar-refractivity contribution is 7.18. The highest BCUT2D eigenvalue weighted by Crippen LogP contribution is 2.22. The van der Waals surface area contributed by atoms with Gasteiger partial charge in [0.1, 0.15) is 11.6 Å². The number of anilines is 1. The SMILES string of the molecule is CCc1cccc(C)c1NC(=O)COCc1nc2ccccc2s1. The van der Waals surface area contributed by atoms with Crippen molar-refractivity contribution >= 4 is 33.1 Å². The average Bonchev–Trinajstić information content (AvgIpc) is 2.99. The molecular weight excluding hydrogens is 320 g/mol. The number of hydrogen-bond donors (Lipinski definition) is 1. The Labute approximate surface area is 145 Å². The number of hydrogen-bond acceptors (Lipinski definition) is 4. The van der Waals surface area contributed by atoms with Gasteiger partial charge in [-0.25, -0.2) is 4.98 Å². The van der Waals surface area contributed by atoms with Gasteiger partial charge >= 0.3 is 0 Å². The standard InChI is InChI=1S/C19H20N2O2S/c1-3-14-8-6-7-13(2)19(14)21-17(22)11-23-12-18-20-15-9-4-5-10-16(15)24-18/h4-10H,3,11-12H2,1-2H3,(H,21,22). The summed E-state index contributed by atoms with van der Waals surface area (Å²) in [5.41, 5.74) is 4.06. The maximum absolute atomic E-state index is 12.1. The van der Waals surface area contributed by atoms with Crippen molar-refractivity contribution in [3.05, 3.63) is 58.6 Å². The minimum absolute atomic E-state index is 0.0212. The van der Waals surface area contributed by atoms with Gasteiger partial charge in [0.05, 0.1) is 16.8 Å². The molecule has 0 aliphatic carbocycles. The summed E-state index contributed by atoms with van der Waals surface area (Å²) in [6.07, 6.45) is 0.879. The fourth-order valence-corrected chi connectivity index (χ4v) is 3.50. The quantitative estimate of drug-likeness (QED) is 0.727. The molecular formula is C19H20N2O2S. The van der Waals surface area contributed by atoms with E-state index in [0.29, 0.717) is 6.61 Å². The van der Waals surface area contributed by atoms with E-state index in [9.17, 15) is 4.79 Å². The molecule has 0 unspecified atom stereocenters. The molecule has 0 aliphatic heterocycles. The molecule has 3 rings (SSSR count). The normalized spacial score (nSPS) is 10.9. The van der Waals surface area contributed by atoms with Crippen molar-refractivity contribution in [2.24, 2.45) is 0 Å². The summed E-state index contributed by atoms with van der Waals surface area (Å²) in [6.45, 7) is 4.44. The number of amides is 1. The molecule has 5 heteroatoms. The summed E-state index contributed by atoms with van der Waals surface area (Å²) >= 11 is 1.59. The van der Waals surface area contributed by atoms with Gasteiger partial charge in [-0.3, -0.25) is 4.79 Å². The van der Waals surface area contributed by atoms with Crippen LogP contribution in [0.3, 0.4) is 0 Å². The molecule has 0 atom stereocenters. The average molecular weight is 340 g/mol. The van der Waals surface area contributed by atoms with E-state index in [0.717, 1.165) is 38.5 Å². The van der Waals surface area contributed by atoms with Gasteiger partial charge in [0.15, 0.2) is 0 Å². The molecule has 0 spiro atoms. The number of aromatic nitrogens is 1. The molecule has 1 heterocycles. The second-order valence-electron chi connectivity index (χ2n) is 5.58. The van der Waals surface area contributed by atoms with Crippen molar-refractivity contribution in [1.82, 2.24) is 4.98 Å². The number of carbonyl (C=O) groups excluding carboxylic acids is 1. The number of aryl methyl sites for hydroxylation is 2. The third-order valence-electron chi connectivity index (χ3n) is 3.80. The van der Waals surface area contributed by atoms with Crippen molar-refractivity contribution in [3.8, 4) is 0 Å². The first-order chi connectivity index (χ1) is 11.7. The van der Waals surface area contributed by atoms with Crippen LogP contribution in [0.25, 0.3) is 10.2 Å². The van der Waals surface area contributed by atoms with Crippen molar-refractivity contribution in [2.75, 3.05) is 11.9 Å². The molecule has 4 nitrogen and oxygen atoms in total. The number of thiazole rings is 1. The van der Waals surface area contributed by atoms with Gasteiger partial charge in [-0.15, -0.1) is 11.3 Å². The van der Waals surface area contributed by atoms with Crippen LogP contribution in [0.15, 0.2) is 42.5 Å². The maximum Gasteiger partial charge on any atom is 0.250 e. The third-order valence-corrected chi connectivity index (χ3v) is 4.81. The lowest BCUT2D eigenvalue weighted by molar-refractivity contribution is -0.121. The molecule has 2 aromatic carbocycles. The van der Waals surface area contributed by atoms with Gasteiger partial charge in [0.2, 0.25) is 5.91 Å². The first-order valence-corrected chi connectivity index (χ1v) is 8.79. The molecule has 1 amide bonds. The molecule has 0 fully saturated rings. The fraction of sp³-hybridized carbons (Fsp3) is 0.263. The Hall–Kier alpha value is -2.24. The minimum Gasteiger partial charge on any atom is -0.364 e. The molecule has 0 aliphatic rings. The van der Waals surface area contributed by atoms with Crippen molar-refractivity contribution < 1.29 is 9.53 Å². The predicted octanol–water partition coefficient (Wildman–Crippen LogP) is 4.32. The fourth-order valence-electron chi connectivity index (χ4n) is 2.59. The molecule has 0 saturated carbocycles. The first-order valence-electron chi connectivity index (χ1n) is 7.98. The summed E-state index contributed by atoms with van der Waals surface area (Å²) in [5.74, 6) is -0.139. The number of carbonyl (C=O) groups is 1. The zero-order valence-electron chi connectivity index (χ0n) is 13.8. The highest BCUT2D eigenvalue weighted by atomic mass is 32.1. The van der Waals surface area contributed by atoms with Crippen LogP contribution in [0.5, 0.6) is 0 Å². The first kappa shape index (κ1) is 16.6. The number of ether oxygens (including phenoxy) is 1. The van der Waals surface area contributed by atoms with Crippen molar-refractivity contribution in [3.63, 3.8) is 0 Å². The van der Waals surface area contributed by atoms with Crippen LogP contribution < -0.4 is 5.32 Å². The Kier molecular flexibility index (Phi) is 5.23. The van der Waals surface area contributed by atoms with Crippen LogP contribution in [-0.2, 0) is 22.6 Å². The van der Waals surface area contributed by atoms with E-state index in [4.69, 9.17) is 4.74 Å². The van der Waals surface area contributed by atoms with Gasteiger partial charge in [-0.05, 0) is 36.6 Å². The van der Waals surface area contributed by atoms with Crippen LogP contribution in [0, 0.1) is 6.92 Å². The topological polar surface area (TPSA) is 51.2 Å². The molecule has 3 aromatic rings. The molecule has 1 N–H and O–H groups in total. The molecule has 0 radical (unpaired) electrons. The molecule has 0 saturated heterocycles. The van der Waals surface area contributed by atoms with Gasteiger partial charge in [-0.1, -0.05) is 37.3 Å². The summed E-state index contributed by atoms with van der Waals surface area (Å²) in [4.78, 5) is 16.6. The van der Waals surface area contributed by atoms with Crippen LogP contribution in [0.4, 0.5) is 5.69 Å². The summed E-state index contributed by atoms with van der Waals surface area (Å²) in [5, 5.41) is 3.85. The van der Waals surface area contributed by atoms with E-state index >= 15 is 0 Å². The van der Waals surface area contributed by atoms with Gasteiger partial charge < -0.3 is 10.1 Å². The number of para-hydroxylation sites is 2. The zero-order valence-corrected chi connectivity index (χ0v) is 14.7. The van der Waals surface area contributed by atoms with E-state index in [1.165, 1.54) is 0 Å². The smallest absolute Gasteiger partial charge is 0.250 e. The second kappa shape index (κ2) is 7.55. The van der Waals surface area contributed by atoms with Crippen LogP contribution in [-0.4, -0.2) is 17.5 Å². The summed E-state index contributed by atoms with van der Waals surface area (Å²) in [6, 6.07) is 14.0. The zero-order chi connectivity index (χ0) is 16.9.